The summed E-state index contributed by atoms with van der Waals surface area (Å²) in [6.45, 7) is 4.65. The fourth-order valence-electron chi connectivity index (χ4n) is 3.52. The van der Waals surface area contributed by atoms with E-state index >= 15 is 0 Å². The normalized spacial score (nSPS) is 18.3. The highest BCUT2D eigenvalue weighted by atomic mass is 16.5. The van der Waals surface area contributed by atoms with Gasteiger partial charge < -0.3 is 14.7 Å². The maximum absolute atomic E-state index is 12.8. The predicted octanol–water partition coefficient (Wildman–Crippen LogP) is 3.69. The van der Waals surface area contributed by atoms with Crippen LogP contribution < -0.4 is 4.74 Å². The lowest BCUT2D eigenvalue weighted by Gasteiger charge is -2.35. The summed E-state index contributed by atoms with van der Waals surface area (Å²) >= 11 is 0. The lowest BCUT2D eigenvalue weighted by molar-refractivity contribution is -0.139. The van der Waals surface area contributed by atoms with Crippen molar-refractivity contribution in [2.45, 2.75) is 64.0 Å². The maximum Gasteiger partial charge on any atom is 0.225 e. The smallest absolute Gasteiger partial charge is 0.225 e. The largest absolute Gasteiger partial charge is 0.497 e. The third-order valence-electron chi connectivity index (χ3n) is 4.97. The van der Waals surface area contributed by atoms with Gasteiger partial charge in [-0.15, -0.1) is 0 Å². The second-order valence-corrected chi connectivity index (χ2v) is 6.59. The summed E-state index contributed by atoms with van der Waals surface area (Å²) in [6.07, 6.45) is 4.90. The minimum absolute atomic E-state index is 0.0326. The van der Waals surface area contributed by atoms with Crippen LogP contribution in [0.3, 0.4) is 0 Å². The van der Waals surface area contributed by atoms with Crippen molar-refractivity contribution >= 4 is 5.91 Å². The molecular weight excluding hydrogens is 290 g/mol. The van der Waals surface area contributed by atoms with E-state index in [-0.39, 0.29) is 18.4 Å². The monoisotopic (exact) mass is 319 g/mol. The number of carbonyl (C=O) groups is 1. The minimum Gasteiger partial charge on any atom is -0.497 e. The Morgan fingerprint density at radius 2 is 2.04 bits per heavy atom. The zero-order valence-corrected chi connectivity index (χ0v) is 14.5. The van der Waals surface area contributed by atoms with E-state index in [9.17, 15) is 9.90 Å². The van der Waals surface area contributed by atoms with Crippen LogP contribution in [0.4, 0.5) is 0 Å². The highest BCUT2D eigenvalue weighted by Crippen LogP contribution is 2.33. The number of methoxy groups -OCH3 is 1. The SMILES string of the molecule is CCN(C(=O)CC1(O)CCCCC1)C(C)c1cccc(OC)c1. The first-order chi connectivity index (χ1) is 11.0. The van der Waals surface area contributed by atoms with Gasteiger partial charge in [0.1, 0.15) is 5.75 Å². The van der Waals surface area contributed by atoms with Crippen LogP contribution in [-0.2, 0) is 4.79 Å². The first kappa shape index (κ1) is 17.8. The van der Waals surface area contributed by atoms with Crippen LogP contribution in [0.15, 0.2) is 24.3 Å². The molecule has 4 nitrogen and oxygen atoms in total. The van der Waals surface area contributed by atoms with Gasteiger partial charge in [0.25, 0.3) is 0 Å². The van der Waals surface area contributed by atoms with Gasteiger partial charge in [0.2, 0.25) is 5.91 Å². The van der Waals surface area contributed by atoms with E-state index in [1.165, 1.54) is 0 Å². The van der Waals surface area contributed by atoms with E-state index in [1.807, 2.05) is 43.0 Å². The zero-order valence-electron chi connectivity index (χ0n) is 14.5. The van der Waals surface area contributed by atoms with Crippen molar-refractivity contribution in [2.75, 3.05) is 13.7 Å². The Hall–Kier alpha value is -1.55. The van der Waals surface area contributed by atoms with Gasteiger partial charge in [-0.25, -0.2) is 0 Å². The summed E-state index contributed by atoms with van der Waals surface area (Å²) < 4.78 is 5.27. The third kappa shape index (κ3) is 4.47. The Morgan fingerprint density at radius 1 is 1.35 bits per heavy atom. The van der Waals surface area contributed by atoms with Crippen LogP contribution in [0.2, 0.25) is 0 Å². The van der Waals surface area contributed by atoms with Gasteiger partial charge in [-0.05, 0) is 44.4 Å². The molecule has 2 rings (SSSR count). The number of amides is 1. The van der Waals surface area contributed by atoms with Crippen LogP contribution in [0.1, 0.15) is 64.0 Å². The summed E-state index contributed by atoms with van der Waals surface area (Å²) in [5.41, 5.74) is 0.242. The molecule has 128 valence electrons. The van der Waals surface area contributed by atoms with Crippen molar-refractivity contribution in [2.24, 2.45) is 0 Å². The molecule has 0 spiro atoms. The second kappa shape index (κ2) is 7.82. The molecule has 1 aromatic rings. The Bertz CT molecular complexity index is 523. The molecule has 0 radical (unpaired) electrons. The third-order valence-corrected chi connectivity index (χ3v) is 4.97. The van der Waals surface area contributed by atoms with Crippen molar-refractivity contribution in [3.63, 3.8) is 0 Å². The van der Waals surface area contributed by atoms with Gasteiger partial charge >= 0.3 is 0 Å². The number of aliphatic hydroxyl groups is 1. The summed E-state index contributed by atoms with van der Waals surface area (Å²) in [5.74, 6) is 0.830. The molecule has 1 aromatic carbocycles. The lowest BCUT2D eigenvalue weighted by Crippen LogP contribution is -2.41. The van der Waals surface area contributed by atoms with Gasteiger partial charge in [0, 0.05) is 6.54 Å². The average Bonchev–Trinajstić information content (AvgIpc) is 2.55. The molecule has 23 heavy (non-hydrogen) atoms. The predicted molar refractivity (Wildman–Crippen MR) is 91.4 cm³/mol. The molecule has 1 saturated carbocycles. The second-order valence-electron chi connectivity index (χ2n) is 6.59. The Kier molecular flexibility index (Phi) is 6.05. The fraction of sp³-hybridized carbons (Fsp3) is 0.632. The summed E-state index contributed by atoms with van der Waals surface area (Å²) in [5, 5.41) is 10.7. The Balaban J connectivity index is 2.09. The van der Waals surface area contributed by atoms with E-state index in [2.05, 4.69) is 0 Å². The number of nitrogens with zero attached hydrogens (tertiary/aromatic N) is 1. The summed E-state index contributed by atoms with van der Waals surface area (Å²) in [6, 6.07) is 7.79. The fourth-order valence-corrected chi connectivity index (χ4v) is 3.52. The van der Waals surface area contributed by atoms with E-state index < -0.39 is 5.60 Å². The molecule has 0 saturated heterocycles. The minimum atomic E-state index is -0.809. The molecule has 1 N–H and O–H groups in total. The van der Waals surface area contributed by atoms with Crippen LogP contribution in [0, 0.1) is 0 Å². The molecule has 1 aliphatic rings. The highest BCUT2D eigenvalue weighted by molar-refractivity contribution is 5.77. The van der Waals surface area contributed by atoms with Crippen molar-refractivity contribution in [3.05, 3.63) is 29.8 Å². The number of carbonyl (C=O) groups excluding carboxylic acids is 1. The van der Waals surface area contributed by atoms with Crippen molar-refractivity contribution in [1.29, 1.82) is 0 Å². The summed E-state index contributed by atoms with van der Waals surface area (Å²) in [4.78, 5) is 14.6. The van der Waals surface area contributed by atoms with Crippen molar-refractivity contribution in [1.82, 2.24) is 4.90 Å². The standard InChI is InChI=1S/C19H29NO3/c1-4-20(15(2)16-9-8-10-17(13-16)23-3)18(21)14-19(22)11-6-5-7-12-19/h8-10,13,15,22H,4-7,11-12,14H2,1-3H3. The topological polar surface area (TPSA) is 49.8 Å². The van der Waals surface area contributed by atoms with E-state index in [1.54, 1.807) is 7.11 Å². The molecule has 4 heteroatoms. The molecule has 1 atom stereocenters. The van der Waals surface area contributed by atoms with Gasteiger partial charge in [-0.1, -0.05) is 31.4 Å². The van der Waals surface area contributed by atoms with Crippen LogP contribution in [-0.4, -0.2) is 35.2 Å². The first-order valence-corrected chi connectivity index (χ1v) is 8.65. The molecule has 0 aromatic heterocycles. The molecule has 0 heterocycles. The first-order valence-electron chi connectivity index (χ1n) is 8.65. The molecular formula is C19H29NO3. The van der Waals surface area contributed by atoms with Gasteiger partial charge in [0.05, 0.1) is 25.2 Å². The maximum atomic E-state index is 12.8. The Morgan fingerprint density at radius 3 is 2.65 bits per heavy atom. The highest BCUT2D eigenvalue weighted by Gasteiger charge is 2.34. The van der Waals surface area contributed by atoms with E-state index in [0.29, 0.717) is 6.54 Å². The van der Waals surface area contributed by atoms with E-state index in [4.69, 9.17) is 4.74 Å². The molecule has 0 aliphatic heterocycles. The quantitative estimate of drug-likeness (QED) is 0.870. The number of rotatable bonds is 6. The number of hydrogen-bond donors (Lipinski definition) is 1. The lowest BCUT2D eigenvalue weighted by atomic mass is 9.82. The van der Waals surface area contributed by atoms with E-state index in [0.717, 1.165) is 43.4 Å². The number of hydrogen-bond acceptors (Lipinski definition) is 3. The molecule has 1 unspecified atom stereocenters. The molecule has 0 bridgehead atoms. The number of benzene rings is 1. The average molecular weight is 319 g/mol. The van der Waals surface area contributed by atoms with Crippen molar-refractivity contribution in [3.8, 4) is 5.75 Å². The number of ether oxygens (including phenoxy) is 1. The zero-order chi connectivity index (χ0) is 16.9. The summed E-state index contributed by atoms with van der Waals surface area (Å²) in [7, 11) is 1.64. The Labute approximate surface area is 139 Å². The van der Waals surface area contributed by atoms with Crippen LogP contribution >= 0.6 is 0 Å². The molecule has 1 aliphatic carbocycles. The molecule has 1 amide bonds. The van der Waals surface area contributed by atoms with Gasteiger partial charge in [0.15, 0.2) is 0 Å². The van der Waals surface area contributed by atoms with Crippen molar-refractivity contribution < 1.29 is 14.6 Å². The van der Waals surface area contributed by atoms with Crippen LogP contribution in [0.25, 0.3) is 0 Å². The van der Waals surface area contributed by atoms with Gasteiger partial charge in [-0.3, -0.25) is 4.79 Å². The van der Waals surface area contributed by atoms with Crippen LogP contribution in [0.5, 0.6) is 5.75 Å². The molecule has 1 fully saturated rings. The van der Waals surface area contributed by atoms with Gasteiger partial charge in [-0.2, -0.15) is 0 Å².